The van der Waals surface area contributed by atoms with Crippen LogP contribution in [0.25, 0.3) is 11.1 Å². The Hall–Kier alpha value is -2.46. The highest BCUT2D eigenvalue weighted by atomic mass is 16.6. The van der Waals surface area contributed by atoms with Crippen LogP contribution in [0.1, 0.15) is 11.7 Å². The molecule has 20 heavy (non-hydrogen) atoms. The first-order chi connectivity index (χ1) is 9.66. The molecule has 0 spiro atoms. The van der Waals surface area contributed by atoms with Gasteiger partial charge in [-0.2, -0.15) is 0 Å². The van der Waals surface area contributed by atoms with Crippen molar-refractivity contribution < 1.29 is 19.4 Å². The quantitative estimate of drug-likeness (QED) is 0.667. The Kier molecular flexibility index (Phi) is 3.08. The number of cyclic esters (lactones) is 1. The van der Waals surface area contributed by atoms with Gasteiger partial charge < -0.3 is 9.84 Å². The third-order valence-electron chi connectivity index (χ3n) is 3.31. The Morgan fingerprint density at radius 2 is 1.45 bits per heavy atom. The largest absolute Gasteiger partial charge is 0.447 e. The maximum absolute atomic E-state index is 11.7. The van der Waals surface area contributed by atoms with E-state index < -0.39 is 24.0 Å². The Balaban J connectivity index is 1.88. The molecule has 100 valence electrons. The number of hydrogen-bond donors (Lipinski definition) is 1. The second kappa shape index (κ2) is 4.90. The van der Waals surface area contributed by atoms with Crippen LogP contribution >= 0.6 is 0 Å². The van der Waals surface area contributed by atoms with Crippen LogP contribution in [0, 0.1) is 0 Å². The number of carbonyl (C=O) groups excluding carboxylic acids is 2. The van der Waals surface area contributed by atoms with Gasteiger partial charge in [-0.1, -0.05) is 54.6 Å². The maximum atomic E-state index is 11.7. The highest BCUT2D eigenvalue weighted by molar-refractivity contribution is 6.09. The highest BCUT2D eigenvalue weighted by Gasteiger charge is 2.42. The fourth-order valence-corrected chi connectivity index (χ4v) is 2.21. The fraction of sp³-hybridized carbons (Fsp3) is 0.125. The van der Waals surface area contributed by atoms with Crippen molar-refractivity contribution in [3.05, 3.63) is 60.2 Å². The first-order valence-electron chi connectivity index (χ1n) is 6.24. The van der Waals surface area contributed by atoms with Gasteiger partial charge in [0.05, 0.1) is 0 Å². The molecule has 1 saturated heterocycles. The molecule has 1 heterocycles. The molecule has 2 aromatic carbocycles. The van der Waals surface area contributed by atoms with Crippen LogP contribution < -0.4 is 0 Å². The summed E-state index contributed by atoms with van der Waals surface area (Å²) < 4.78 is 4.88. The minimum atomic E-state index is -1.66. The van der Waals surface area contributed by atoms with Crippen LogP contribution in [0.2, 0.25) is 0 Å². The first-order valence-corrected chi connectivity index (χ1v) is 6.24. The molecule has 0 amide bonds. The standard InChI is InChI=1S/C16H12O4/c17-13-14(18)16(19)20-15(13)12-8-6-11(7-9-12)10-4-2-1-3-5-10/h1-9,14-15,18H. The Morgan fingerprint density at radius 3 is 2.00 bits per heavy atom. The fourth-order valence-electron chi connectivity index (χ4n) is 2.21. The summed E-state index contributed by atoms with van der Waals surface area (Å²) in [6.45, 7) is 0. The first kappa shape index (κ1) is 12.6. The molecule has 4 heteroatoms. The van der Waals surface area contributed by atoms with Gasteiger partial charge in [0.15, 0.2) is 6.10 Å². The lowest BCUT2D eigenvalue weighted by molar-refractivity contribution is -0.147. The molecular weight excluding hydrogens is 256 g/mol. The normalized spacial score (nSPS) is 21.9. The van der Waals surface area contributed by atoms with Crippen LogP contribution in [0.15, 0.2) is 54.6 Å². The molecule has 0 bridgehead atoms. The zero-order valence-electron chi connectivity index (χ0n) is 10.5. The van der Waals surface area contributed by atoms with Gasteiger partial charge in [0.1, 0.15) is 0 Å². The van der Waals surface area contributed by atoms with Gasteiger partial charge in [0.2, 0.25) is 11.9 Å². The number of hydrogen-bond acceptors (Lipinski definition) is 4. The number of aliphatic hydroxyl groups is 1. The summed E-state index contributed by atoms with van der Waals surface area (Å²) in [6, 6.07) is 17.0. The molecule has 2 atom stereocenters. The summed E-state index contributed by atoms with van der Waals surface area (Å²) in [6.07, 6.45) is -2.66. The smallest absolute Gasteiger partial charge is 0.344 e. The number of ketones is 1. The van der Waals surface area contributed by atoms with Crippen molar-refractivity contribution in [2.24, 2.45) is 0 Å². The molecule has 2 aromatic rings. The lowest BCUT2D eigenvalue weighted by atomic mass is 10.00. The van der Waals surface area contributed by atoms with E-state index >= 15 is 0 Å². The van der Waals surface area contributed by atoms with Crippen molar-refractivity contribution in [3.8, 4) is 11.1 Å². The zero-order chi connectivity index (χ0) is 14.1. The van der Waals surface area contributed by atoms with E-state index in [2.05, 4.69) is 0 Å². The molecule has 1 N–H and O–H groups in total. The van der Waals surface area contributed by atoms with Gasteiger partial charge in [0.25, 0.3) is 0 Å². The monoisotopic (exact) mass is 268 g/mol. The van der Waals surface area contributed by atoms with Gasteiger partial charge in [-0.3, -0.25) is 4.79 Å². The third-order valence-corrected chi connectivity index (χ3v) is 3.31. The Morgan fingerprint density at radius 1 is 0.850 bits per heavy atom. The second-order valence-electron chi connectivity index (χ2n) is 4.61. The van der Waals surface area contributed by atoms with E-state index in [4.69, 9.17) is 4.74 Å². The van der Waals surface area contributed by atoms with E-state index in [0.717, 1.165) is 11.1 Å². The number of ether oxygens (including phenoxy) is 1. The van der Waals surface area contributed by atoms with Gasteiger partial charge in [-0.25, -0.2) is 4.79 Å². The summed E-state index contributed by atoms with van der Waals surface area (Å²) in [5.74, 6) is -1.49. The topological polar surface area (TPSA) is 63.6 Å². The molecule has 1 aliphatic rings. The van der Waals surface area contributed by atoms with Crippen molar-refractivity contribution in [2.75, 3.05) is 0 Å². The van der Waals surface area contributed by atoms with Gasteiger partial charge in [0, 0.05) is 5.56 Å². The number of benzene rings is 2. The van der Waals surface area contributed by atoms with Crippen molar-refractivity contribution >= 4 is 11.8 Å². The van der Waals surface area contributed by atoms with Crippen LogP contribution in [0.4, 0.5) is 0 Å². The number of carbonyl (C=O) groups is 2. The lowest BCUT2D eigenvalue weighted by Gasteiger charge is -2.09. The highest BCUT2D eigenvalue weighted by Crippen LogP contribution is 2.28. The van der Waals surface area contributed by atoms with Gasteiger partial charge in [-0.15, -0.1) is 0 Å². The van der Waals surface area contributed by atoms with Crippen molar-refractivity contribution in [1.82, 2.24) is 0 Å². The second-order valence-corrected chi connectivity index (χ2v) is 4.61. The van der Waals surface area contributed by atoms with E-state index in [1.807, 2.05) is 42.5 Å². The molecule has 2 unspecified atom stereocenters. The minimum absolute atomic E-state index is 0.569. The van der Waals surface area contributed by atoms with Crippen molar-refractivity contribution in [3.63, 3.8) is 0 Å². The SMILES string of the molecule is O=C1OC(c2ccc(-c3ccccc3)cc2)C(=O)C1O. The molecule has 0 saturated carbocycles. The summed E-state index contributed by atoms with van der Waals surface area (Å²) in [5.41, 5.74) is 2.64. The molecular formula is C16H12O4. The van der Waals surface area contributed by atoms with Crippen LogP contribution in [-0.4, -0.2) is 23.0 Å². The predicted octanol–water partition coefficient (Wildman–Crippen LogP) is 1.88. The average molecular weight is 268 g/mol. The lowest BCUT2D eigenvalue weighted by Crippen LogP contribution is -2.21. The predicted molar refractivity (Wildman–Crippen MR) is 71.7 cm³/mol. The number of aliphatic hydroxyl groups excluding tert-OH is 1. The zero-order valence-corrected chi connectivity index (χ0v) is 10.5. The number of rotatable bonds is 2. The molecule has 1 fully saturated rings. The van der Waals surface area contributed by atoms with Crippen LogP contribution in [0.5, 0.6) is 0 Å². The summed E-state index contributed by atoms with van der Waals surface area (Å²) >= 11 is 0. The average Bonchev–Trinajstić information content (AvgIpc) is 2.76. The summed E-state index contributed by atoms with van der Waals surface area (Å²) in [5, 5.41) is 9.31. The molecule has 0 radical (unpaired) electrons. The number of Topliss-reactive ketones (excluding diaryl/α,β-unsaturated/α-hetero) is 1. The van der Waals surface area contributed by atoms with E-state index in [1.165, 1.54) is 0 Å². The van der Waals surface area contributed by atoms with Crippen molar-refractivity contribution in [2.45, 2.75) is 12.2 Å². The number of esters is 1. The van der Waals surface area contributed by atoms with Gasteiger partial charge in [-0.05, 0) is 11.1 Å². The van der Waals surface area contributed by atoms with E-state index in [-0.39, 0.29) is 0 Å². The third kappa shape index (κ3) is 2.10. The Labute approximate surface area is 115 Å². The summed E-state index contributed by atoms with van der Waals surface area (Å²) in [7, 11) is 0. The maximum Gasteiger partial charge on any atom is 0.344 e. The van der Waals surface area contributed by atoms with Gasteiger partial charge >= 0.3 is 5.97 Å². The molecule has 0 aliphatic carbocycles. The molecule has 3 rings (SSSR count). The molecule has 0 aromatic heterocycles. The minimum Gasteiger partial charge on any atom is -0.447 e. The Bertz CT molecular complexity index is 646. The van der Waals surface area contributed by atoms with E-state index in [0.29, 0.717) is 5.56 Å². The summed E-state index contributed by atoms with van der Waals surface area (Å²) in [4.78, 5) is 22.8. The van der Waals surface area contributed by atoms with E-state index in [9.17, 15) is 14.7 Å². The van der Waals surface area contributed by atoms with Crippen LogP contribution in [0.3, 0.4) is 0 Å². The van der Waals surface area contributed by atoms with Crippen molar-refractivity contribution in [1.29, 1.82) is 0 Å². The van der Waals surface area contributed by atoms with Crippen LogP contribution in [-0.2, 0) is 14.3 Å². The molecule has 4 nitrogen and oxygen atoms in total. The van der Waals surface area contributed by atoms with E-state index in [1.54, 1.807) is 12.1 Å². The molecule has 1 aliphatic heterocycles.